The summed E-state index contributed by atoms with van der Waals surface area (Å²) in [7, 11) is 0. The van der Waals surface area contributed by atoms with E-state index in [2.05, 4.69) is 189 Å². The van der Waals surface area contributed by atoms with Crippen LogP contribution in [0, 0.1) is 0 Å². The molecule has 8 aromatic carbocycles. The minimum absolute atomic E-state index is 0.167. The molecule has 0 saturated carbocycles. The van der Waals surface area contributed by atoms with Crippen LogP contribution >= 0.6 is 0 Å². The van der Waals surface area contributed by atoms with Crippen LogP contribution in [-0.4, -0.2) is 0 Å². The van der Waals surface area contributed by atoms with Crippen LogP contribution in [0.1, 0.15) is 25.0 Å². The second-order valence-electron chi connectivity index (χ2n) is 14.1. The minimum Gasteiger partial charge on any atom is -0.455 e. The zero-order chi connectivity index (χ0) is 34.1. The van der Waals surface area contributed by atoms with Crippen molar-refractivity contribution in [1.82, 2.24) is 0 Å². The first kappa shape index (κ1) is 29.5. The van der Waals surface area contributed by atoms with Crippen molar-refractivity contribution in [3.63, 3.8) is 0 Å². The van der Waals surface area contributed by atoms with Crippen LogP contribution in [0.5, 0.6) is 0 Å². The molecule has 1 aliphatic carbocycles. The summed E-state index contributed by atoms with van der Waals surface area (Å²) in [6.07, 6.45) is 0. The van der Waals surface area contributed by atoms with Gasteiger partial charge in [0.25, 0.3) is 0 Å². The molecule has 2 heteroatoms. The molecule has 0 spiro atoms. The number of hydrogen-bond acceptors (Lipinski definition) is 2. The summed E-state index contributed by atoms with van der Waals surface area (Å²) >= 11 is 0. The van der Waals surface area contributed by atoms with Crippen molar-refractivity contribution in [2.24, 2.45) is 0 Å². The Hall–Kier alpha value is -6.38. The fraction of sp³-hybridized carbons (Fsp3) is 0.0612. The number of nitrogens with zero attached hydrogens (tertiary/aromatic N) is 1. The lowest BCUT2D eigenvalue weighted by Crippen LogP contribution is -2.24. The minimum atomic E-state index is -0.167. The van der Waals surface area contributed by atoms with Crippen molar-refractivity contribution in [2.75, 3.05) is 4.90 Å². The first-order chi connectivity index (χ1) is 25.1. The van der Waals surface area contributed by atoms with Gasteiger partial charge in [-0.25, -0.2) is 0 Å². The topological polar surface area (TPSA) is 16.4 Å². The lowest BCUT2D eigenvalue weighted by atomic mass is 9.67. The number of para-hydroxylation sites is 4. The van der Waals surface area contributed by atoms with E-state index in [0.717, 1.165) is 44.6 Å². The van der Waals surface area contributed by atoms with E-state index in [4.69, 9.17) is 4.42 Å². The van der Waals surface area contributed by atoms with E-state index in [0.29, 0.717) is 0 Å². The van der Waals surface area contributed by atoms with Gasteiger partial charge in [-0.3, -0.25) is 0 Å². The van der Waals surface area contributed by atoms with Gasteiger partial charge in [0.2, 0.25) is 0 Å². The van der Waals surface area contributed by atoms with E-state index in [1.165, 1.54) is 49.7 Å². The Balaban J connectivity index is 1.16. The van der Waals surface area contributed by atoms with Crippen LogP contribution in [0.25, 0.3) is 66.1 Å². The molecule has 1 aromatic heterocycles. The average Bonchev–Trinajstić information content (AvgIpc) is 3.57. The highest BCUT2D eigenvalue weighted by atomic mass is 16.3. The average molecular weight is 654 g/mol. The van der Waals surface area contributed by atoms with Gasteiger partial charge in [0.15, 0.2) is 0 Å². The molecule has 1 heterocycles. The van der Waals surface area contributed by atoms with Gasteiger partial charge in [-0.1, -0.05) is 141 Å². The third-order valence-electron chi connectivity index (χ3n) is 10.9. The molecule has 0 saturated heterocycles. The predicted molar refractivity (Wildman–Crippen MR) is 214 cm³/mol. The first-order valence-corrected chi connectivity index (χ1v) is 17.7. The molecule has 0 atom stereocenters. The van der Waals surface area contributed by atoms with Crippen LogP contribution in [0.15, 0.2) is 180 Å². The molecule has 2 nitrogen and oxygen atoms in total. The number of anilines is 3. The molecule has 0 amide bonds. The van der Waals surface area contributed by atoms with Crippen molar-refractivity contribution >= 4 is 49.8 Å². The number of hydrogen-bond donors (Lipinski definition) is 0. The van der Waals surface area contributed by atoms with Crippen molar-refractivity contribution in [1.29, 1.82) is 0 Å². The predicted octanol–water partition coefficient (Wildman–Crippen LogP) is 13.8. The molecule has 0 radical (unpaired) electrons. The van der Waals surface area contributed by atoms with Crippen LogP contribution in [0.3, 0.4) is 0 Å². The van der Waals surface area contributed by atoms with Gasteiger partial charge in [0.05, 0.1) is 0 Å². The van der Waals surface area contributed by atoms with Crippen molar-refractivity contribution in [3.05, 3.63) is 187 Å². The molecule has 0 fully saturated rings. The summed E-state index contributed by atoms with van der Waals surface area (Å²) in [6, 6.07) is 63.5. The molecule has 51 heavy (non-hydrogen) atoms. The second-order valence-corrected chi connectivity index (χ2v) is 14.1. The zero-order valence-corrected chi connectivity index (χ0v) is 28.6. The van der Waals surface area contributed by atoms with E-state index < -0.39 is 0 Å². The Labute approximate surface area is 297 Å². The monoisotopic (exact) mass is 653 g/mol. The SMILES string of the molecule is CC1(C)c2ccc(-c3ccc(N(c4ccccc4)c4ccccc4)cc3)cc2-c2c(-c3cccc4c3oc3ccccc34)ccc3cccc1c23. The van der Waals surface area contributed by atoms with Crippen molar-refractivity contribution in [2.45, 2.75) is 19.3 Å². The molecule has 0 unspecified atom stereocenters. The van der Waals surface area contributed by atoms with Crippen LogP contribution in [0.4, 0.5) is 17.1 Å². The van der Waals surface area contributed by atoms with Gasteiger partial charge in [0, 0.05) is 38.8 Å². The van der Waals surface area contributed by atoms with Gasteiger partial charge in [0.1, 0.15) is 11.2 Å². The van der Waals surface area contributed by atoms with Crippen molar-refractivity contribution in [3.8, 4) is 33.4 Å². The van der Waals surface area contributed by atoms with Gasteiger partial charge in [-0.15, -0.1) is 0 Å². The molecule has 1 aliphatic rings. The maximum absolute atomic E-state index is 6.61. The largest absolute Gasteiger partial charge is 0.455 e. The second kappa shape index (κ2) is 11.3. The van der Waals surface area contributed by atoms with E-state index in [1.54, 1.807) is 0 Å². The summed E-state index contributed by atoms with van der Waals surface area (Å²) in [4.78, 5) is 2.31. The Kier molecular flexibility index (Phi) is 6.56. The zero-order valence-electron chi connectivity index (χ0n) is 28.6. The number of fused-ring (bicyclic) bond motifs is 5. The third-order valence-corrected chi connectivity index (χ3v) is 10.9. The van der Waals surface area contributed by atoms with Crippen LogP contribution in [0.2, 0.25) is 0 Å². The summed E-state index contributed by atoms with van der Waals surface area (Å²) < 4.78 is 6.61. The van der Waals surface area contributed by atoms with E-state index in [9.17, 15) is 0 Å². The quantitative estimate of drug-likeness (QED) is 0.184. The highest BCUT2D eigenvalue weighted by molar-refractivity contribution is 6.15. The van der Waals surface area contributed by atoms with E-state index in [1.807, 2.05) is 6.07 Å². The standard InChI is InChI=1S/C49H35NO/c1-49(2)43-30-26-34(32-23-27-37(28-24-32)50(35-14-5-3-6-15-35)36-16-7-4-8-17-36)31-42(43)47-39(29-25-33-13-11-21-44(49)46(33)47)41-20-12-19-40-38-18-9-10-22-45(38)51-48(40)41/h3-31H,1-2H3. The Morgan fingerprint density at radius 1 is 0.451 bits per heavy atom. The third kappa shape index (κ3) is 4.57. The molecule has 0 bridgehead atoms. The van der Waals surface area contributed by atoms with Gasteiger partial charge >= 0.3 is 0 Å². The molecule has 0 N–H and O–H groups in total. The Morgan fingerprint density at radius 2 is 1.10 bits per heavy atom. The molecule has 9 aromatic rings. The highest BCUT2D eigenvalue weighted by Gasteiger charge is 2.35. The lowest BCUT2D eigenvalue weighted by molar-refractivity contribution is 0.645. The molecule has 10 rings (SSSR count). The smallest absolute Gasteiger partial charge is 0.143 e. The summed E-state index contributed by atoms with van der Waals surface area (Å²) in [5, 5.41) is 4.89. The summed E-state index contributed by atoms with van der Waals surface area (Å²) in [5.74, 6) is 0. The fourth-order valence-electron chi connectivity index (χ4n) is 8.39. The van der Waals surface area contributed by atoms with Gasteiger partial charge < -0.3 is 9.32 Å². The maximum atomic E-state index is 6.61. The Bertz CT molecular complexity index is 2720. The molecular weight excluding hydrogens is 619 g/mol. The van der Waals surface area contributed by atoms with Gasteiger partial charge in [-0.2, -0.15) is 0 Å². The maximum Gasteiger partial charge on any atom is 0.143 e. The van der Waals surface area contributed by atoms with Crippen LogP contribution in [-0.2, 0) is 5.41 Å². The van der Waals surface area contributed by atoms with Crippen LogP contribution < -0.4 is 4.90 Å². The number of rotatable bonds is 5. The highest BCUT2D eigenvalue weighted by Crippen LogP contribution is 2.53. The lowest BCUT2D eigenvalue weighted by Gasteiger charge is -2.36. The fourth-order valence-corrected chi connectivity index (χ4v) is 8.39. The summed E-state index contributed by atoms with van der Waals surface area (Å²) in [6.45, 7) is 4.73. The van der Waals surface area contributed by atoms with E-state index in [-0.39, 0.29) is 5.41 Å². The molecule has 0 aliphatic heterocycles. The normalized spacial score (nSPS) is 13.1. The molecular formula is C49H35NO. The number of benzene rings is 8. The number of furan rings is 1. The first-order valence-electron chi connectivity index (χ1n) is 17.7. The summed E-state index contributed by atoms with van der Waals surface area (Å²) in [5.41, 5.74) is 15.0. The van der Waals surface area contributed by atoms with E-state index >= 15 is 0 Å². The molecule has 242 valence electrons. The Morgan fingerprint density at radius 3 is 1.86 bits per heavy atom. The van der Waals surface area contributed by atoms with Gasteiger partial charge in [-0.05, 0) is 98.2 Å². The van der Waals surface area contributed by atoms with Crippen molar-refractivity contribution < 1.29 is 4.42 Å².